The van der Waals surface area contributed by atoms with Gasteiger partial charge in [-0.3, -0.25) is 14.3 Å². The number of aryl methyl sites for hydroxylation is 2. The molecule has 4 heterocycles. The van der Waals surface area contributed by atoms with Crippen LogP contribution in [0.15, 0.2) is 16.9 Å². The summed E-state index contributed by atoms with van der Waals surface area (Å²) in [5.74, 6) is 1.40. The number of nitrogens with zero attached hydrogens (tertiary/aromatic N) is 5. The monoisotopic (exact) mass is 369 g/mol. The summed E-state index contributed by atoms with van der Waals surface area (Å²) in [4.78, 5) is 31.2. The maximum atomic E-state index is 13.1. The first-order chi connectivity index (χ1) is 12.9. The van der Waals surface area contributed by atoms with Crippen molar-refractivity contribution in [3.63, 3.8) is 0 Å². The van der Waals surface area contributed by atoms with Crippen LogP contribution in [-0.4, -0.2) is 43.2 Å². The average molecular weight is 369 g/mol. The molecule has 1 unspecified atom stereocenters. The summed E-state index contributed by atoms with van der Waals surface area (Å²) in [5.41, 5.74) is 2.46. The molecule has 144 valence electrons. The third-order valence-corrected chi connectivity index (χ3v) is 5.75. The van der Waals surface area contributed by atoms with Crippen LogP contribution < -0.4 is 5.56 Å². The van der Waals surface area contributed by atoms with Crippen LogP contribution in [0, 0.1) is 0 Å². The highest BCUT2D eigenvalue weighted by molar-refractivity contribution is 5.92. The van der Waals surface area contributed by atoms with E-state index in [4.69, 9.17) is 0 Å². The van der Waals surface area contributed by atoms with Gasteiger partial charge in [0, 0.05) is 50.8 Å². The van der Waals surface area contributed by atoms with E-state index in [2.05, 4.69) is 28.5 Å². The van der Waals surface area contributed by atoms with Gasteiger partial charge in [0.05, 0.1) is 5.69 Å². The van der Waals surface area contributed by atoms with E-state index in [0.29, 0.717) is 12.2 Å². The minimum atomic E-state index is -0.158. The van der Waals surface area contributed by atoms with E-state index in [-0.39, 0.29) is 23.3 Å². The summed E-state index contributed by atoms with van der Waals surface area (Å²) in [6, 6.07) is 3.58. The third kappa shape index (κ3) is 3.31. The lowest BCUT2D eigenvalue weighted by Gasteiger charge is -2.33. The second-order valence-electron chi connectivity index (χ2n) is 8.01. The summed E-state index contributed by atoms with van der Waals surface area (Å²) in [6.07, 6.45) is 3.84. The summed E-state index contributed by atoms with van der Waals surface area (Å²) in [7, 11) is 1.83. The molecular formula is C20H27N5O2. The zero-order valence-corrected chi connectivity index (χ0v) is 16.3. The average Bonchev–Trinajstić information content (AvgIpc) is 3.27. The Labute approximate surface area is 159 Å². The predicted molar refractivity (Wildman–Crippen MR) is 102 cm³/mol. The standard InChI is InChI=1S/C20H27N5O2/c1-13(2)15-10-17(23(3)22-15)20(27)24-8-4-6-14(12-24)16-11-19(26)21-18-7-5-9-25(16)18/h10-11,13-14H,4-9,12H2,1-3H3. The van der Waals surface area contributed by atoms with Crippen LogP contribution in [0.5, 0.6) is 0 Å². The molecule has 0 aliphatic carbocycles. The van der Waals surface area contributed by atoms with E-state index in [1.165, 1.54) is 0 Å². The van der Waals surface area contributed by atoms with Gasteiger partial charge in [0.1, 0.15) is 11.5 Å². The Balaban J connectivity index is 1.59. The van der Waals surface area contributed by atoms with Crippen molar-refractivity contribution >= 4 is 5.91 Å². The summed E-state index contributed by atoms with van der Waals surface area (Å²) in [6.45, 7) is 6.47. The molecule has 0 N–H and O–H groups in total. The molecule has 1 fully saturated rings. The van der Waals surface area contributed by atoms with Crippen LogP contribution in [0.1, 0.15) is 72.6 Å². The summed E-state index contributed by atoms with van der Waals surface area (Å²) < 4.78 is 3.89. The number of fused-ring (bicyclic) bond motifs is 1. The minimum absolute atomic E-state index is 0.0275. The topological polar surface area (TPSA) is 73.0 Å². The fourth-order valence-corrected chi connectivity index (χ4v) is 4.29. The number of piperidine rings is 1. The van der Waals surface area contributed by atoms with Crippen molar-refractivity contribution in [1.29, 1.82) is 0 Å². The highest BCUT2D eigenvalue weighted by atomic mass is 16.2. The Hall–Kier alpha value is -2.44. The lowest BCUT2D eigenvalue weighted by Crippen LogP contribution is -2.40. The zero-order valence-electron chi connectivity index (χ0n) is 16.3. The molecule has 0 aromatic carbocycles. The quantitative estimate of drug-likeness (QED) is 0.830. The Morgan fingerprint density at radius 3 is 2.78 bits per heavy atom. The predicted octanol–water partition coefficient (Wildman–Crippen LogP) is 2.07. The second-order valence-corrected chi connectivity index (χ2v) is 8.01. The van der Waals surface area contributed by atoms with Crippen LogP contribution in [0.2, 0.25) is 0 Å². The van der Waals surface area contributed by atoms with Gasteiger partial charge in [0.2, 0.25) is 0 Å². The molecule has 1 saturated heterocycles. The fraction of sp³-hybridized carbons (Fsp3) is 0.600. The molecule has 2 aromatic heterocycles. The molecule has 4 rings (SSSR count). The number of hydrogen-bond donors (Lipinski definition) is 0. The van der Waals surface area contributed by atoms with Gasteiger partial charge in [-0.2, -0.15) is 10.1 Å². The van der Waals surface area contributed by atoms with Crippen molar-refractivity contribution in [2.45, 2.75) is 57.9 Å². The van der Waals surface area contributed by atoms with Crippen molar-refractivity contribution in [2.75, 3.05) is 13.1 Å². The highest BCUT2D eigenvalue weighted by Gasteiger charge is 2.30. The zero-order chi connectivity index (χ0) is 19.1. The maximum absolute atomic E-state index is 13.1. The molecule has 2 aromatic rings. The first kappa shape index (κ1) is 17.9. The van der Waals surface area contributed by atoms with E-state index >= 15 is 0 Å². The van der Waals surface area contributed by atoms with Crippen LogP contribution in [-0.2, 0) is 20.0 Å². The van der Waals surface area contributed by atoms with Gasteiger partial charge in [-0.1, -0.05) is 13.8 Å². The molecule has 27 heavy (non-hydrogen) atoms. The van der Waals surface area contributed by atoms with E-state index in [0.717, 1.165) is 56.0 Å². The Kier molecular flexibility index (Phi) is 4.61. The molecule has 1 amide bonds. The Bertz CT molecular complexity index is 927. The number of rotatable bonds is 3. The first-order valence-corrected chi connectivity index (χ1v) is 9.88. The van der Waals surface area contributed by atoms with E-state index in [1.54, 1.807) is 10.7 Å². The van der Waals surface area contributed by atoms with Crippen LogP contribution in [0.4, 0.5) is 0 Å². The van der Waals surface area contributed by atoms with Gasteiger partial charge < -0.3 is 9.47 Å². The van der Waals surface area contributed by atoms with Crippen molar-refractivity contribution in [3.8, 4) is 0 Å². The Morgan fingerprint density at radius 1 is 1.22 bits per heavy atom. The lowest BCUT2D eigenvalue weighted by molar-refractivity contribution is 0.0693. The summed E-state index contributed by atoms with van der Waals surface area (Å²) in [5, 5.41) is 4.48. The number of carbonyl (C=O) groups is 1. The van der Waals surface area contributed by atoms with Crippen LogP contribution >= 0.6 is 0 Å². The molecule has 7 heteroatoms. The van der Waals surface area contributed by atoms with E-state index < -0.39 is 0 Å². The van der Waals surface area contributed by atoms with Crippen molar-refractivity contribution in [1.82, 2.24) is 24.2 Å². The molecule has 0 radical (unpaired) electrons. The molecule has 0 spiro atoms. The molecular weight excluding hydrogens is 342 g/mol. The summed E-state index contributed by atoms with van der Waals surface area (Å²) >= 11 is 0. The van der Waals surface area contributed by atoms with Crippen molar-refractivity contribution < 1.29 is 4.79 Å². The Morgan fingerprint density at radius 2 is 2.04 bits per heavy atom. The van der Waals surface area contributed by atoms with E-state index in [9.17, 15) is 9.59 Å². The highest BCUT2D eigenvalue weighted by Crippen LogP contribution is 2.29. The lowest BCUT2D eigenvalue weighted by atomic mass is 9.93. The molecule has 2 aliphatic heterocycles. The fourth-order valence-electron chi connectivity index (χ4n) is 4.29. The van der Waals surface area contributed by atoms with Gasteiger partial charge in [-0.05, 0) is 31.2 Å². The number of carbonyl (C=O) groups excluding carboxylic acids is 1. The van der Waals surface area contributed by atoms with Gasteiger partial charge in [-0.15, -0.1) is 0 Å². The normalized spacial score (nSPS) is 19.6. The third-order valence-electron chi connectivity index (χ3n) is 5.75. The second kappa shape index (κ2) is 6.94. The number of amides is 1. The molecule has 0 saturated carbocycles. The number of hydrogen-bond acceptors (Lipinski definition) is 4. The smallest absolute Gasteiger partial charge is 0.273 e. The van der Waals surface area contributed by atoms with Gasteiger partial charge in [0.15, 0.2) is 0 Å². The SMILES string of the molecule is CC(C)c1cc(C(=O)N2CCCC(c3cc(=O)nc4n3CCC4)C2)n(C)n1. The molecule has 2 aliphatic rings. The van der Waals surface area contributed by atoms with Gasteiger partial charge in [-0.25, -0.2) is 0 Å². The minimum Gasteiger partial charge on any atom is -0.337 e. The number of aromatic nitrogens is 4. The van der Waals surface area contributed by atoms with Crippen molar-refractivity contribution in [2.24, 2.45) is 7.05 Å². The molecule has 0 bridgehead atoms. The van der Waals surface area contributed by atoms with Crippen LogP contribution in [0.25, 0.3) is 0 Å². The molecule has 1 atom stereocenters. The largest absolute Gasteiger partial charge is 0.337 e. The van der Waals surface area contributed by atoms with Crippen molar-refractivity contribution in [3.05, 3.63) is 45.4 Å². The molecule has 7 nitrogen and oxygen atoms in total. The van der Waals surface area contributed by atoms with Gasteiger partial charge >= 0.3 is 0 Å². The van der Waals surface area contributed by atoms with E-state index in [1.807, 2.05) is 18.0 Å². The number of likely N-dealkylation sites (tertiary alicyclic amines) is 1. The van der Waals surface area contributed by atoms with Gasteiger partial charge in [0.25, 0.3) is 11.5 Å². The first-order valence-electron chi connectivity index (χ1n) is 9.88. The van der Waals surface area contributed by atoms with Crippen LogP contribution in [0.3, 0.4) is 0 Å². The maximum Gasteiger partial charge on any atom is 0.273 e.